The summed E-state index contributed by atoms with van der Waals surface area (Å²) in [5, 5.41) is 3.44. The lowest BCUT2D eigenvalue weighted by Gasteiger charge is -2.26. The van der Waals surface area contributed by atoms with Gasteiger partial charge in [-0.25, -0.2) is 12.7 Å². The van der Waals surface area contributed by atoms with Crippen LogP contribution in [0.5, 0.6) is 0 Å². The van der Waals surface area contributed by atoms with Crippen molar-refractivity contribution in [2.24, 2.45) is 0 Å². The number of benzene rings is 2. The zero-order chi connectivity index (χ0) is 20.9. The van der Waals surface area contributed by atoms with E-state index in [2.05, 4.69) is 5.32 Å². The maximum absolute atomic E-state index is 12.5. The fourth-order valence-corrected chi connectivity index (χ4v) is 3.78. The van der Waals surface area contributed by atoms with Crippen molar-refractivity contribution in [2.75, 3.05) is 26.0 Å². The predicted octanol–water partition coefficient (Wildman–Crippen LogP) is 3.44. The normalized spacial score (nSPS) is 12.0. The van der Waals surface area contributed by atoms with Gasteiger partial charge < -0.3 is 5.32 Å². The smallest absolute Gasteiger partial charge is 0.242 e. The van der Waals surface area contributed by atoms with E-state index >= 15 is 0 Å². The van der Waals surface area contributed by atoms with Gasteiger partial charge in [-0.2, -0.15) is 0 Å². The standard InChI is InChI=1S/C20H26ClN3O3S/c1-15(2)24(13-16-7-5-8-17(21)11-16)14-20(25)22-18-9-6-10-19(12-18)28(26,27)23(3)4/h5-12,15H,13-14H2,1-4H3,(H,22,25). The third-order valence-corrected chi connectivity index (χ3v) is 6.29. The van der Waals surface area contributed by atoms with E-state index in [0.717, 1.165) is 9.87 Å². The number of nitrogens with zero attached hydrogens (tertiary/aromatic N) is 2. The lowest BCUT2D eigenvalue weighted by molar-refractivity contribution is -0.117. The first-order valence-corrected chi connectivity index (χ1v) is 10.7. The average Bonchev–Trinajstić information content (AvgIpc) is 2.61. The first kappa shape index (κ1) is 22.4. The van der Waals surface area contributed by atoms with Crippen LogP contribution in [-0.2, 0) is 21.4 Å². The Morgan fingerprint density at radius 2 is 1.79 bits per heavy atom. The Morgan fingerprint density at radius 1 is 1.11 bits per heavy atom. The summed E-state index contributed by atoms with van der Waals surface area (Å²) in [5.74, 6) is -0.213. The second-order valence-electron chi connectivity index (χ2n) is 6.99. The fraction of sp³-hybridized carbons (Fsp3) is 0.350. The SMILES string of the molecule is CC(C)N(CC(=O)Nc1cccc(S(=O)(=O)N(C)C)c1)Cc1cccc(Cl)c1. The van der Waals surface area contributed by atoms with Crippen molar-refractivity contribution >= 4 is 33.2 Å². The second-order valence-corrected chi connectivity index (χ2v) is 9.58. The zero-order valence-electron chi connectivity index (χ0n) is 16.5. The van der Waals surface area contributed by atoms with Gasteiger partial charge in [0.05, 0.1) is 11.4 Å². The fourth-order valence-electron chi connectivity index (χ4n) is 2.62. The molecule has 6 nitrogen and oxygen atoms in total. The van der Waals surface area contributed by atoms with Crippen molar-refractivity contribution in [1.29, 1.82) is 0 Å². The van der Waals surface area contributed by atoms with Crippen molar-refractivity contribution in [3.63, 3.8) is 0 Å². The van der Waals surface area contributed by atoms with Gasteiger partial charge in [-0.05, 0) is 49.7 Å². The molecule has 2 aromatic carbocycles. The Bertz CT molecular complexity index is 930. The summed E-state index contributed by atoms with van der Waals surface area (Å²) in [6, 6.07) is 13.9. The van der Waals surface area contributed by atoms with Gasteiger partial charge in [0.15, 0.2) is 0 Å². The van der Waals surface area contributed by atoms with Gasteiger partial charge in [0, 0.05) is 37.4 Å². The highest BCUT2D eigenvalue weighted by atomic mass is 35.5. The van der Waals surface area contributed by atoms with E-state index in [1.807, 2.05) is 43.0 Å². The molecule has 0 spiro atoms. The number of halogens is 1. The van der Waals surface area contributed by atoms with E-state index in [-0.39, 0.29) is 23.4 Å². The molecule has 0 saturated heterocycles. The molecular weight excluding hydrogens is 398 g/mol. The molecule has 0 unspecified atom stereocenters. The maximum atomic E-state index is 12.5. The van der Waals surface area contributed by atoms with Crippen LogP contribution in [-0.4, -0.2) is 50.2 Å². The van der Waals surface area contributed by atoms with Gasteiger partial charge in [-0.3, -0.25) is 9.69 Å². The van der Waals surface area contributed by atoms with Crippen molar-refractivity contribution < 1.29 is 13.2 Å². The molecule has 2 aromatic rings. The summed E-state index contributed by atoms with van der Waals surface area (Å²) in [6.45, 7) is 4.79. The summed E-state index contributed by atoms with van der Waals surface area (Å²) in [7, 11) is -0.619. The van der Waals surface area contributed by atoms with E-state index < -0.39 is 10.0 Å². The molecule has 8 heteroatoms. The van der Waals surface area contributed by atoms with Crippen LogP contribution in [0.2, 0.25) is 5.02 Å². The Kier molecular flexibility index (Phi) is 7.60. The van der Waals surface area contributed by atoms with Crippen molar-refractivity contribution in [1.82, 2.24) is 9.21 Å². The molecule has 0 fully saturated rings. The number of carbonyl (C=O) groups is 1. The van der Waals surface area contributed by atoms with Gasteiger partial charge in [-0.1, -0.05) is 29.8 Å². The van der Waals surface area contributed by atoms with Crippen LogP contribution >= 0.6 is 11.6 Å². The average molecular weight is 424 g/mol. The number of carbonyl (C=O) groups excluding carboxylic acids is 1. The minimum atomic E-state index is -3.56. The lowest BCUT2D eigenvalue weighted by Crippen LogP contribution is -2.37. The molecule has 152 valence electrons. The third-order valence-electron chi connectivity index (χ3n) is 4.25. The van der Waals surface area contributed by atoms with Crippen LogP contribution in [0.1, 0.15) is 19.4 Å². The highest BCUT2D eigenvalue weighted by molar-refractivity contribution is 7.89. The Balaban J connectivity index is 2.09. The summed E-state index contributed by atoms with van der Waals surface area (Å²) in [6.07, 6.45) is 0. The Morgan fingerprint density at radius 3 is 2.39 bits per heavy atom. The van der Waals surface area contributed by atoms with Crippen LogP contribution < -0.4 is 5.32 Å². The van der Waals surface area contributed by atoms with E-state index in [1.165, 1.54) is 26.2 Å². The maximum Gasteiger partial charge on any atom is 0.242 e. The molecule has 1 N–H and O–H groups in total. The molecule has 0 aliphatic heterocycles. The van der Waals surface area contributed by atoms with Gasteiger partial charge >= 0.3 is 0 Å². The van der Waals surface area contributed by atoms with Crippen LogP contribution in [0.3, 0.4) is 0 Å². The van der Waals surface area contributed by atoms with E-state index in [1.54, 1.807) is 12.1 Å². The second kappa shape index (κ2) is 9.52. The Hall–Kier alpha value is -1.93. The number of amides is 1. The van der Waals surface area contributed by atoms with Crippen molar-refractivity contribution in [3.05, 3.63) is 59.1 Å². The quantitative estimate of drug-likeness (QED) is 0.706. The monoisotopic (exact) mass is 423 g/mol. The summed E-state index contributed by atoms with van der Waals surface area (Å²) >= 11 is 6.04. The number of rotatable bonds is 8. The highest BCUT2D eigenvalue weighted by Crippen LogP contribution is 2.18. The highest BCUT2D eigenvalue weighted by Gasteiger charge is 2.19. The molecule has 0 radical (unpaired) electrons. The molecule has 0 aliphatic rings. The van der Waals surface area contributed by atoms with Crippen LogP contribution in [0.15, 0.2) is 53.4 Å². The van der Waals surface area contributed by atoms with Crippen LogP contribution in [0.4, 0.5) is 5.69 Å². The van der Waals surface area contributed by atoms with Crippen molar-refractivity contribution in [3.8, 4) is 0 Å². The van der Waals surface area contributed by atoms with Gasteiger partial charge in [0.2, 0.25) is 15.9 Å². The molecular formula is C20H26ClN3O3S. The molecule has 0 aliphatic carbocycles. The van der Waals surface area contributed by atoms with E-state index in [4.69, 9.17) is 11.6 Å². The number of nitrogens with one attached hydrogen (secondary N) is 1. The molecule has 0 bridgehead atoms. The Labute approximate surface area is 172 Å². The van der Waals surface area contributed by atoms with Crippen molar-refractivity contribution in [2.45, 2.75) is 31.3 Å². The zero-order valence-corrected chi connectivity index (χ0v) is 18.1. The summed E-state index contributed by atoms with van der Waals surface area (Å²) in [4.78, 5) is 14.7. The molecule has 0 heterocycles. The topological polar surface area (TPSA) is 69.7 Å². The number of hydrogen-bond donors (Lipinski definition) is 1. The summed E-state index contributed by atoms with van der Waals surface area (Å²) < 4.78 is 25.7. The van der Waals surface area contributed by atoms with Gasteiger partial charge in [-0.15, -0.1) is 0 Å². The van der Waals surface area contributed by atoms with E-state index in [9.17, 15) is 13.2 Å². The molecule has 0 saturated carbocycles. The molecule has 28 heavy (non-hydrogen) atoms. The predicted molar refractivity (Wildman–Crippen MR) is 113 cm³/mol. The van der Waals surface area contributed by atoms with Crippen LogP contribution in [0, 0.1) is 0 Å². The minimum Gasteiger partial charge on any atom is -0.325 e. The number of sulfonamides is 1. The molecule has 1 amide bonds. The van der Waals surface area contributed by atoms with E-state index in [0.29, 0.717) is 17.3 Å². The van der Waals surface area contributed by atoms with Gasteiger partial charge in [0.1, 0.15) is 0 Å². The first-order valence-electron chi connectivity index (χ1n) is 8.90. The molecule has 2 rings (SSSR count). The lowest BCUT2D eigenvalue weighted by atomic mass is 10.2. The van der Waals surface area contributed by atoms with Crippen LogP contribution in [0.25, 0.3) is 0 Å². The summed E-state index contributed by atoms with van der Waals surface area (Å²) in [5.41, 5.74) is 1.47. The first-order chi connectivity index (χ1) is 13.1. The third kappa shape index (κ3) is 6.04. The minimum absolute atomic E-state index is 0.134. The molecule has 0 aromatic heterocycles. The largest absolute Gasteiger partial charge is 0.325 e. The number of hydrogen-bond acceptors (Lipinski definition) is 4. The molecule has 0 atom stereocenters. The van der Waals surface area contributed by atoms with Gasteiger partial charge in [0.25, 0.3) is 0 Å². The number of anilines is 1.